The molecular weight excluding hydrogens is 342 g/mol. The van der Waals surface area contributed by atoms with Crippen LogP contribution in [0, 0.1) is 0 Å². The number of carbonyl (C=O) groups excluding carboxylic acids is 2. The number of rotatable bonds is 7. The van der Waals surface area contributed by atoms with Crippen molar-refractivity contribution in [2.75, 3.05) is 20.1 Å². The Morgan fingerprint density at radius 3 is 2.75 bits per heavy atom. The smallest absolute Gasteiger partial charge is 0.321 e. The van der Waals surface area contributed by atoms with Crippen LogP contribution in [0.5, 0.6) is 0 Å². The molecule has 0 aliphatic heterocycles. The Morgan fingerprint density at radius 1 is 1.40 bits per heavy atom. The first-order valence-electron chi connectivity index (χ1n) is 6.51. The van der Waals surface area contributed by atoms with Crippen molar-refractivity contribution in [1.82, 2.24) is 15.5 Å². The lowest BCUT2D eigenvalue weighted by Gasteiger charge is -2.15. The summed E-state index contributed by atoms with van der Waals surface area (Å²) in [4.78, 5) is 26.1. The van der Waals surface area contributed by atoms with E-state index in [1.165, 1.54) is 4.88 Å². The summed E-state index contributed by atoms with van der Waals surface area (Å²) in [5, 5.41) is 4.97. The third kappa shape index (κ3) is 7.02. The monoisotopic (exact) mass is 361 g/mol. The molecule has 0 spiro atoms. The van der Waals surface area contributed by atoms with E-state index in [1.54, 1.807) is 11.3 Å². The zero-order valence-electron chi connectivity index (χ0n) is 11.7. The first kappa shape index (κ1) is 17.1. The molecule has 1 aromatic heterocycles. The summed E-state index contributed by atoms with van der Waals surface area (Å²) in [5.41, 5.74) is 0. The average Bonchev–Trinajstić information content (AvgIpc) is 2.74. The van der Waals surface area contributed by atoms with Crippen LogP contribution in [0.1, 0.15) is 24.6 Å². The average molecular weight is 362 g/mol. The number of halogens is 1. The zero-order chi connectivity index (χ0) is 15.0. The maximum atomic E-state index is 11.7. The molecule has 0 atom stereocenters. The molecule has 3 amide bonds. The largest absolute Gasteiger partial charge is 0.338 e. The van der Waals surface area contributed by atoms with Crippen LogP contribution in [0.15, 0.2) is 15.9 Å². The SMILES string of the molecule is CCCCNC(=O)NC(=O)CN(C)Cc1ccc(Br)s1. The predicted octanol–water partition coefficient (Wildman–Crippen LogP) is 2.57. The summed E-state index contributed by atoms with van der Waals surface area (Å²) in [5.74, 6) is -0.294. The van der Waals surface area contributed by atoms with E-state index in [0.29, 0.717) is 13.1 Å². The van der Waals surface area contributed by atoms with Gasteiger partial charge in [0.15, 0.2) is 0 Å². The summed E-state index contributed by atoms with van der Waals surface area (Å²) in [7, 11) is 1.85. The molecule has 112 valence electrons. The molecule has 20 heavy (non-hydrogen) atoms. The maximum absolute atomic E-state index is 11.7. The summed E-state index contributed by atoms with van der Waals surface area (Å²) >= 11 is 5.04. The first-order chi connectivity index (χ1) is 9.51. The minimum atomic E-state index is -0.421. The molecule has 0 saturated heterocycles. The van der Waals surface area contributed by atoms with Gasteiger partial charge in [0.25, 0.3) is 0 Å². The van der Waals surface area contributed by atoms with Gasteiger partial charge < -0.3 is 5.32 Å². The predicted molar refractivity (Wildman–Crippen MR) is 84.8 cm³/mol. The Bertz CT molecular complexity index is 451. The Labute approximate surface area is 131 Å². The fraction of sp³-hybridized carbons (Fsp3) is 0.538. The van der Waals surface area contributed by atoms with Gasteiger partial charge in [-0.05, 0) is 41.5 Å². The minimum absolute atomic E-state index is 0.191. The molecule has 0 fully saturated rings. The lowest BCUT2D eigenvalue weighted by atomic mass is 10.3. The van der Waals surface area contributed by atoms with Crippen molar-refractivity contribution in [2.45, 2.75) is 26.3 Å². The van der Waals surface area contributed by atoms with Crippen molar-refractivity contribution >= 4 is 39.2 Å². The van der Waals surface area contributed by atoms with Crippen LogP contribution in [0.4, 0.5) is 4.79 Å². The molecule has 5 nitrogen and oxygen atoms in total. The molecule has 0 unspecified atom stereocenters. The van der Waals surface area contributed by atoms with Gasteiger partial charge in [-0.15, -0.1) is 11.3 Å². The highest BCUT2D eigenvalue weighted by Crippen LogP contribution is 2.22. The van der Waals surface area contributed by atoms with Gasteiger partial charge in [-0.2, -0.15) is 0 Å². The normalized spacial score (nSPS) is 10.6. The van der Waals surface area contributed by atoms with E-state index >= 15 is 0 Å². The van der Waals surface area contributed by atoms with E-state index in [1.807, 2.05) is 31.0 Å². The maximum Gasteiger partial charge on any atom is 0.321 e. The van der Waals surface area contributed by atoms with Gasteiger partial charge in [-0.25, -0.2) is 4.79 Å². The first-order valence-corrected chi connectivity index (χ1v) is 8.12. The summed E-state index contributed by atoms with van der Waals surface area (Å²) in [6.45, 7) is 3.51. The molecule has 1 rings (SSSR count). The van der Waals surface area contributed by atoms with Crippen LogP contribution in [0.25, 0.3) is 0 Å². The lowest BCUT2D eigenvalue weighted by molar-refractivity contribution is -0.120. The van der Waals surface area contributed by atoms with Gasteiger partial charge in [-0.1, -0.05) is 13.3 Å². The summed E-state index contributed by atoms with van der Waals surface area (Å²) in [6.07, 6.45) is 1.92. The highest BCUT2D eigenvalue weighted by molar-refractivity contribution is 9.11. The number of carbonyl (C=O) groups is 2. The molecule has 0 radical (unpaired) electrons. The van der Waals surface area contributed by atoms with Crippen LogP contribution in [0.3, 0.4) is 0 Å². The Balaban J connectivity index is 2.25. The van der Waals surface area contributed by atoms with E-state index in [9.17, 15) is 9.59 Å². The third-order valence-corrected chi connectivity index (χ3v) is 4.15. The molecule has 2 N–H and O–H groups in total. The summed E-state index contributed by atoms with van der Waals surface area (Å²) < 4.78 is 1.07. The Morgan fingerprint density at radius 2 is 2.15 bits per heavy atom. The number of nitrogens with zero attached hydrogens (tertiary/aromatic N) is 1. The molecule has 7 heteroatoms. The molecule has 0 aliphatic rings. The Kier molecular flexibility index (Phi) is 7.79. The van der Waals surface area contributed by atoms with E-state index in [2.05, 4.69) is 26.6 Å². The third-order valence-electron chi connectivity index (χ3n) is 2.54. The summed E-state index contributed by atoms with van der Waals surface area (Å²) in [6, 6.07) is 3.58. The number of imide groups is 1. The van der Waals surface area contributed by atoms with Crippen LogP contribution < -0.4 is 10.6 Å². The molecule has 0 aliphatic carbocycles. The molecule has 0 saturated carbocycles. The number of thiophene rings is 1. The van der Waals surface area contributed by atoms with Crippen LogP contribution in [0.2, 0.25) is 0 Å². The zero-order valence-corrected chi connectivity index (χ0v) is 14.1. The van der Waals surface area contributed by atoms with Crippen molar-refractivity contribution in [1.29, 1.82) is 0 Å². The lowest BCUT2D eigenvalue weighted by Crippen LogP contribution is -2.43. The second kappa shape index (κ2) is 9.10. The number of amides is 3. The van der Waals surface area contributed by atoms with Gasteiger partial charge in [0.1, 0.15) is 0 Å². The second-order valence-electron chi connectivity index (χ2n) is 4.54. The molecule has 0 bridgehead atoms. The van der Waals surface area contributed by atoms with E-state index < -0.39 is 6.03 Å². The van der Waals surface area contributed by atoms with Gasteiger partial charge >= 0.3 is 6.03 Å². The van der Waals surface area contributed by atoms with E-state index in [0.717, 1.165) is 16.6 Å². The van der Waals surface area contributed by atoms with Gasteiger partial charge in [-0.3, -0.25) is 15.0 Å². The van der Waals surface area contributed by atoms with Gasteiger partial charge in [0.2, 0.25) is 5.91 Å². The van der Waals surface area contributed by atoms with Crippen LogP contribution in [-0.2, 0) is 11.3 Å². The van der Waals surface area contributed by atoms with Gasteiger partial charge in [0.05, 0.1) is 10.3 Å². The van der Waals surface area contributed by atoms with Crippen LogP contribution in [-0.4, -0.2) is 37.0 Å². The van der Waals surface area contributed by atoms with Crippen LogP contribution >= 0.6 is 27.3 Å². The van der Waals surface area contributed by atoms with Crippen molar-refractivity contribution in [2.24, 2.45) is 0 Å². The van der Waals surface area contributed by atoms with E-state index in [-0.39, 0.29) is 12.5 Å². The standard InChI is InChI=1S/C13H20BrN3O2S/c1-3-4-7-15-13(19)16-12(18)9-17(2)8-10-5-6-11(14)20-10/h5-6H,3-4,7-9H2,1-2H3,(H2,15,16,18,19). The topological polar surface area (TPSA) is 61.4 Å². The molecule has 1 heterocycles. The van der Waals surface area contributed by atoms with Crippen molar-refractivity contribution in [3.8, 4) is 0 Å². The van der Waals surface area contributed by atoms with E-state index in [4.69, 9.17) is 0 Å². The number of likely N-dealkylation sites (N-methyl/N-ethyl adjacent to an activating group) is 1. The second-order valence-corrected chi connectivity index (χ2v) is 7.08. The highest BCUT2D eigenvalue weighted by atomic mass is 79.9. The quantitative estimate of drug-likeness (QED) is 0.733. The number of urea groups is 1. The highest BCUT2D eigenvalue weighted by Gasteiger charge is 2.11. The number of hydrogen-bond acceptors (Lipinski definition) is 4. The van der Waals surface area contributed by atoms with Gasteiger partial charge in [0, 0.05) is 18.0 Å². The Hall–Kier alpha value is -0.920. The number of hydrogen-bond donors (Lipinski definition) is 2. The number of nitrogens with one attached hydrogen (secondary N) is 2. The van der Waals surface area contributed by atoms with Crippen molar-refractivity contribution in [3.05, 3.63) is 20.8 Å². The fourth-order valence-corrected chi connectivity index (χ4v) is 3.16. The minimum Gasteiger partial charge on any atom is -0.338 e. The number of unbranched alkanes of at least 4 members (excludes halogenated alkanes) is 1. The molecular formula is C13H20BrN3O2S. The van der Waals surface area contributed by atoms with Crippen molar-refractivity contribution < 1.29 is 9.59 Å². The van der Waals surface area contributed by atoms with Crippen molar-refractivity contribution in [3.63, 3.8) is 0 Å². The molecule has 1 aromatic rings. The molecule has 0 aromatic carbocycles. The fourth-order valence-electron chi connectivity index (χ4n) is 1.59.